The molecule has 13 heavy (non-hydrogen) atoms. The third-order valence-corrected chi connectivity index (χ3v) is 2.55. The summed E-state index contributed by atoms with van der Waals surface area (Å²) in [6.45, 7) is 0.742. The van der Waals surface area contributed by atoms with Crippen LogP contribution in [0, 0.1) is 5.92 Å². The monoisotopic (exact) mass is 181 g/mol. The maximum atomic E-state index is 11.3. The second kappa shape index (κ2) is 3.20. The normalized spacial score (nSPS) is 20.8. The van der Waals surface area contributed by atoms with Crippen molar-refractivity contribution in [2.75, 3.05) is 7.11 Å². The number of ether oxygens (including phenoxy) is 1. The lowest BCUT2D eigenvalue weighted by Gasteiger charge is -2.17. The number of aromatic nitrogens is 2. The van der Waals surface area contributed by atoms with Crippen LogP contribution in [0.1, 0.15) is 12.1 Å². The van der Waals surface area contributed by atoms with Gasteiger partial charge in [-0.3, -0.25) is 4.79 Å². The molecule has 2 rings (SSSR count). The number of hydrogen-bond donors (Lipinski definition) is 1. The Morgan fingerprint density at radius 2 is 2.62 bits per heavy atom. The van der Waals surface area contributed by atoms with E-state index in [4.69, 9.17) is 4.74 Å². The molecule has 1 atom stereocenters. The first-order valence-electron chi connectivity index (χ1n) is 4.44. The topological polar surface area (TPSA) is 46.0 Å². The van der Waals surface area contributed by atoms with Crippen LogP contribution >= 0.6 is 0 Å². The molecule has 0 radical (unpaired) electrons. The number of carbonyl (C=O) groups excluding carboxylic acids is 1. The Morgan fingerprint density at radius 1 is 1.77 bits per heavy atom. The van der Waals surface area contributed by atoms with Gasteiger partial charge in [-0.2, -0.15) is 0 Å². The Labute approximate surface area is 76.5 Å². The third-order valence-electron chi connectivity index (χ3n) is 2.55. The minimum Gasteiger partial charge on any atom is -0.469 e. The maximum absolute atomic E-state index is 11.3. The lowest BCUT2D eigenvalue weighted by molar-refractivity contribution is -0.712. The highest BCUT2D eigenvalue weighted by Gasteiger charge is 2.28. The van der Waals surface area contributed by atoms with E-state index in [-0.39, 0.29) is 11.9 Å². The van der Waals surface area contributed by atoms with Crippen LogP contribution in [0.3, 0.4) is 0 Å². The van der Waals surface area contributed by atoms with E-state index in [1.165, 1.54) is 12.8 Å². The highest BCUT2D eigenvalue weighted by atomic mass is 16.5. The average Bonchev–Trinajstić information content (AvgIpc) is 2.63. The van der Waals surface area contributed by atoms with Gasteiger partial charge in [-0.1, -0.05) is 0 Å². The first kappa shape index (κ1) is 8.29. The molecule has 1 aromatic heterocycles. The fourth-order valence-corrected chi connectivity index (χ4v) is 1.78. The molecule has 4 nitrogen and oxygen atoms in total. The van der Waals surface area contributed by atoms with Crippen LogP contribution in [0.5, 0.6) is 0 Å². The van der Waals surface area contributed by atoms with Crippen molar-refractivity contribution in [3.63, 3.8) is 0 Å². The predicted octanol–water partition coefficient (Wildman–Crippen LogP) is 0.0376. The second-order valence-electron chi connectivity index (χ2n) is 3.34. The number of nitrogens with one attached hydrogen (secondary N) is 1. The molecule has 70 valence electrons. The lowest BCUT2D eigenvalue weighted by Crippen LogP contribution is -2.45. The smallest absolute Gasteiger partial charge is 0.312 e. The molecule has 1 aliphatic heterocycles. The van der Waals surface area contributed by atoms with Gasteiger partial charge in [0.15, 0.2) is 0 Å². The molecule has 1 aromatic rings. The van der Waals surface area contributed by atoms with Crippen molar-refractivity contribution in [1.82, 2.24) is 4.98 Å². The van der Waals surface area contributed by atoms with Crippen molar-refractivity contribution in [3.05, 3.63) is 18.2 Å². The summed E-state index contributed by atoms with van der Waals surface area (Å²) in [5, 5.41) is 0. The number of hydrogen-bond acceptors (Lipinski definition) is 2. The molecule has 1 aliphatic rings. The number of nitrogens with zero attached hydrogens (tertiary/aromatic N) is 1. The van der Waals surface area contributed by atoms with Crippen molar-refractivity contribution in [1.29, 1.82) is 0 Å². The van der Waals surface area contributed by atoms with Crippen molar-refractivity contribution in [3.8, 4) is 0 Å². The van der Waals surface area contributed by atoms with E-state index in [1.807, 2.05) is 12.5 Å². The first-order chi connectivity index (χ1) is 6.31. The van der Waals surface area contributed by atoms with Gasteiger partial charge in [0.05, 0.1) is 13.0 Å². The van der Waals surface area contributed by atoms with Crippen LogP contribution in [0.15, 0.2) is 12.5 Å². The zero-order valence-corrected chi connectivity index (χ0v) is 7.62. The summed E-state index contributed by atoms with van der Waals surface area (Å²) in [6.07, 6.45) is 5.71. The van der Waals surface area contributed by atoms with Gasteiger partial charge in [0.25, 0.3) is 0 Å². The van der Waals surface area contributed by atoms with Gasteiger partial charge < -0.3 is 4.74 Å². The quantitative estimate of drug-likeness (QED) is 0.491. The minimum absolute atomic E-state index is 0.0262. The zero-order chi connectivity index (χ0) is 9.26. The van der Waals surface area contributed by atoms with Crippen molar-refractivity contribution >= 4 is 5.97 Å². The van der Waals surface area contributed by atoms with E-state index in [0.717, 1.165) is 19.4 Å². The molecule has 0 saturated heterocycles. The van der Waals surface area contributed by atoms with Crippen LogP contribution in [0.2, 0.25) is 0 Å². The van der Waals surface area contributed by atoms with Crippen LogP contribution in [-0.4, -0.2) is 18.1 Å². The molecular weight excluding hydrogens is 168 g/mol. The number of imidazole rings is 1. The minimum atomic E-state index is -0.0978. The molecule has 1 N–H and O–H groups in total. The van der Waals surface area contributed by atoms with Crippen LogP contribution < -0.4 is 4.57 Å². The zero-order valence-electron chi connectivity index (χ0n) is 7.62. The number of H-pyrrole nitrogens is 1. The number of rotatable bonds is 1. The Morgan fingerprint density at radius 3 is 3.38 bits per heavy atom. The van der Waals surface area contributed by atoms with Gasteiger partial charge in [-0.15, -0.1) is 0 Å². The molecule has 0 fully saturated rings. The van der Waals surface area contributed by atoms with Crippen LogP contribution in [-0.2, 0) is 22.5 Å². The lowest BCUT2D eigenvalue weighted by atomic mass is 9.98. The number of fused-ring (bicyclic) bond motifs is 1. The van der Waals surface area contributed by atoms with Gasteiger partial charge in [0.2, 0.25) is 6.33 Å². The molecule has 2 heterocycles. The largest absolute Gasteiger partial charge is 0.469 e. The molecule has 0 aliphatic carbocycles. The standard InChI is InChI=1S/C9H12N2O2/c1-13-9(12)7-2-3-8-4-10-6-11(8)5-7/h4,6-7H,2-3,5H2,1H3/p+1/t7-/m1/s1. The maximum Gasteiger partial charge on any atom is 0.312 e. The summed E-state index contributed by atoms with van der Waals surface area (Å²) in [5.41, 5.74) is 1.26. The second-order valence-corrected chi connectivity index (χ2v) is 3.34. The molecule has 0 spiro atoms. The average molecular weight is 181 g/mol. The van der Waals surface area contributed by atoms with Crippen LogP contribution in [0.25, 0.3) is 0 Å². The summed E-state index contributed by atoms with van der Waals surface area (Å²) in [7, 11) is 1.44. The fraction of sp³-hybridized carbons (Fsp3) is 0.556. The number of aromatic amines is 1. The van der Waals surface area contributed by atoms with E-state index in [2.05, 4.69) is 9.55 Å². The molecule has 0 bridgehead atoms. The highest BCUT2D eigenvalue weighted by Crippen LogP contribution is 2.14. The first-order valence-corrected chi connectivity index (χ1v) is 4.44. The van der Waals surface area contributed by atoms with E-state index >= 15 is 0 Å². The van der Waals surface area contributed by atoms with Crippen molar-refractivity contribution in [2.24, 2.45) is 5.92 Å². The number of carbonyl (C=O) groups is 1. The van der Waals surface area contributed by atoms with E-state index in [9.17, 15) is 4.79 Å². The van der Waals surface area contributed by atoms with Crippen molar-refractivity contribution in [2.45, 2.75) is 19.4 Å². The van der Waals surface area contributed by atoms with E-state index < -0.39 is 0 Å². The summed E-state index contributed by atoms with van der Waals surface area (Å²) in [4.78, 5) is 14.3. The van der Waals surface area contributed by atoms with E-state index in [0.29, 0.717) is 0 Å². The van der Waals surface area contributed by atoms with Gasteiger partial charge in [0.1, 0.15) is 18.4 Å². The molecule has 0 saturated carbocycles. The Kier molecular flexibility index (Phi) is 2.04. The summed E-state index contributed by atoms with van der Waals surface area (Å²) >= 11 is 0. The van der Waals surface area contributed by atoms with Crippen molar-refractivity contribution < 1.29 is 14.1 Å². The van der Waals surface area contributed by atoms with Gasteiger partial charge in [-0.05, 0) is 6.42 Å². The Balaban J connectivity index is 2.13. The molecule has 0 aromatic carbocycles. The SMILES string of the molecule is COC(=O)[C@@H]1CCc2c[nH]c[n+]2C1. The number of esters is 1. The summed E-state index contributed by atoms with van der Waals surface area (Å²) in [5.74, 6) is -0.0716. The number of methoxy groups -OCH3 is 1. The molecular formula is C9H13N2O2+. The summed E-state index contributed by atoms with van der Waals surface area (Å²) < 4.78 is 6.79. The van der Waals surface area contributed by atoms with Crippen LogP contribution in [0.4, 0.5) is 0 Å². The Bertz CT molecular complexity index is 319. The summed E-state index contributed by atoms with van der Waals surface area (Å²) in [6, 6.07) is 0. The Hall–Kier alpha value is -1.32. The predicted molar refractivity (Wildman–Crippen MR) is 44.8 cm³/mol. The highest BCUT2D eigenvalue weighted by molar-refractivity contribution is 5.72. The van der Waals surface area contributed by atoms with E-state index in [1.54, 1.807) is 0 Å². The number of aryl methyl sites for hydroxylation is 1. The molecule has 4 heteroatoms. The van der Waals surface area contributed by atoms with Gasteiger partial charge in [0, 0.05) is 6.42 Å². The molecule has 0 unspecified atom stereocenters. The third kappa shape index (κ3) is 1.43. The molecule has 0 amide bonds. The van der Waals surface area contributed by atoms with Gasteiger partial charge >= 0.3 is 5.97 Å². The fourth-order valence-electron chi connectivity index (χ4n) is 1.78. The van der Waals surface area contributed by atoms with Gasteiger partial charge in [-0.25, -0.2) is 9.55 Å².